The predicted octanol–water partition coefficient (Wildman–Crippen LogP) is 4.00. The van der Waals surface area contributed by atoms with Crippen molar-refractivity contribution >= 4 is 33.2 Å². The van der Waals surface area contributed by atoms with E-state index in [2.05, 4.69) is 5.32 Å². The largest absolute Gasteiger partial charge is 0.495 e. The van der Waals surface area contributed by atoms with Crippen molar-refractivity contribution in [1.82, 2.24) is 4.31 Å². The van der Waals surface area contributed by atoms with Crippen LogP contribution in [-0.4, -0.2) is 38.8 Å². The van der Waals surface area contributed by atoms with Crippen molar-refractivity contribution < 1.29 is 17.9 Å². The first-order chi connectivity index (χ1) is 13.7. The van der Waals surface area contributed by atoms with Gasteiger partial charge in [0.2, 0.25) is 15.9 Å². The maximum absolute atomic E-state index is 13.1. The zero-order valence-corrected chi connectivity index (χ0v) is 18.3. The summed E-state index contributed by atoms with van der Waals surface area (Å²) in [6.45, 7) is 4.41. The molecule has 0 radical (unpaired) electrons. The number of aryl methyl sites for hydroxylation is 2. The Balaban J connectivity index is 1.76. The van der Waals surface area contributed by atoms with Crippen LogP contribution in [0.25, 0.3) is 0 Å². The lowest BCUT2D eigenvalue weighted by Gasteiger charge is -2.31. The van der Waals surface area contributed by atoms with E-state index in [1.54, 1.807) is 0 Å². The Labute approximate surface area is 176 Å². The summed E-state index contributed by atoms with van der Waals surface area (Å²) in [7, 11) is -2.28. The number of carbonyl (C=O) groups excluding carboxylic acids is 1. The minimum absolute atomic E-state index is 0.0962. The number of halogens is 1. The molecule has 156 valence electrons. The van der Waals surface area contributed by atoms with Crippen molar-refractivity contribution in [2.24, 2.45) is 5.92 Å². The Morgan fingerprint density at radius 3 is 2.66 bits per heavy atom. The van der Waals surface area contributed by atoms with Gasteiger partial charge in [-0.25, -0.2) is 8.42 Å². The average Bonchev–Trinajstić information content (AvgIpc) is 2.70. The Morgan fingerprint density at radius 1 is 1.21 bits per heavy atom. The lowest BCUT2D eigenvalue weighted by molar-refractivity contribution is -0.120. The van der Waals surface area contributed by atoms with Gasteiger partial charge in [-0.15, -0.1) is 0 Å². The van der Waals surface area contributed by atoms with Crippen LogP contribution in [0.5, 0.6) is 5.75 Å². The molecule has 1 heterocycles. The molecule has 1 amide bonds. The van der Waals surface area contributed by atoms with Gasteiger partial charge in [-0.05, 0) is 62.1 Å². The van der Waals surface area contributed by atoms with Crippen LogP contribution in [-0.2, 0) is 14.8 Å². The van der Waals surface area contributed by atoms with E-state index in [1.165, 1.54) is 29.6 Å². The van der Waals surface area contributed by atoms with E-state index in [9.17, 15) is 13.2 Å². The van der Waals surface area contributed by atoms with E-state index in [0.717, 1.165) is 16.8 Å². The lowest BCUT2D eigenvalue weighted by atomic mass is 9.98. The molecule has 3 rings (SSSR count). The number of rotatable bonds is 5. The van der Waals surface area contributed by atoms with E-state index in [1.807, 2.05) is 32.0 Å². The monoisotopic (exact) mass is 436 g/mol. The van der Waals surface area contributed by atoms with E-state index in [0.29, 0.717) is 25.1 Å². The SMILES string of the molecule is COc1ccc(S(=O)(=O)N2CCC[C@H](C(=O)Nc3cc(C)ccc3C)C2)cc1Cl. The minimum atomic E-state index is -3.75. The number of amides is 1. The molecular formula is C21H25ClN2O4S. The van der Waals surface area contributed by atoms with Gasteiger partial charge in [0.05, 0.1) is 22.9 Å². The van der Waals surface area contributed by atoms with Gasteiger partial charge in [-0.1, -0.05) is 23.7 Å². The van der Waals surface area contributed by atoms with E-state index in [4.69, 9.17) is 16.3 Å². The Morgan fingerprint density at radius 2 is 1.97 bits per heavy atom. The summed E-state index contributed by atoms with van der Waals surface area (Å²) < 4.78 is 32.6. The fraction of sp³-hybridized carbons (Fsp3) is 0.381. The number of ether oxygens (including phenoxy) is 1. The molecule has 0 unspecified atom stereocenters. The molecule has 1 aliphatic heterocycles. The van der Waals surface area contributed by atoms with Crippen LogP contribution in [0.2, 0.25) is 5.02 Å². The number of hydrogen-bond acceptors (Lipinski definition) is 4. The van der Waals surface area contributed by atoms with Crippen molar-refractivity contribution in [3.63, 3.8) is 0 Å². The topological polar surface area (TPSA) is 75.7 Å². The Kier molecular flexibility index (Phi) is 6.51. The Bertz CT molecular complexity index is 1020. The van der Waals surface area contributed by atoms with E-state index in [-0.39, 0.29) is 22.4 Å². The zero-order chi connectivity index (χ0) is 21.2. The molecule has 6 nitrogen and oxygen atoms in total. The van der Waals surface area contributed by atoms with Gasteiger partial charge in [0.15, 0.2) is 0 Å². The van der Waals surface area contributed by atoms with E-state index < -0.39 is 15.9 Å². The quantitative estimate of drug-likeness (QED) is 0.768. The molecule has 0 bridgehead atoms. The third-order valence-electron chi connectivity index (χ3n) is 5.17. The van der Waals surface area contributed by atoms with Gasteiger partial charge in [-0.3, -0.25) is 4.79 Å². The number of anilines is 1. The molecule has 2 aromatic rings. The van der Waals surface area contributed by atoms with Crippen molar-refractivity contribution in [3.05, 3.63) is 52.5 Å². The van der Waals surface area contributed by atoms with Crippen LogP contribution in [0.3, 0.4) is 0 Å². The van der Waals surface area contributed by atoms with E-state index >= 15 is 0 Å². The third kappa shape index (κ3) is 4.74. The van der Waals surface area contributed by atoms with Crippen LogP contribution in [0, 0.1) is 19.8 Å². The number of nitrogens with one attached hydrogen (secondary N) is 1. The third-order valence-corrected chi connectivity index (χ3v) is 7.32. The molecule has 8 heteroatoms. The number of piperidine rings is 1. The second-order valence-electron chi connectivity index (χ2n) is 7.31. The summed E-state index contributed by atoms with van der Waals surface area (Å²) in [6.07, 6.45) is 1.26. The second-order valence-corrected chi connectivity index (χ2v) is 9.65. The highest BCUT2D eigenvalue weighted by Crippen LogP contribution is 2.30. The molecule has 1 fully saturated rings. The first-order valence-electron chi connectivity index (χ1n) is 9.44. The lowest BCUT2D eigenvalue weighted by Crippen LogP contribution is -2.43. The number of carbonyl (C=O) groups is 1. The van der Waals surface area contributed by atoms with Gasteiger partial charge in [0, 0.05) is 18.8 Å². The highest BCUT2D eigenvalue weighted by atomic mass is 35.5. The van der Waals surface area contributed by atoms with Gasteiger partial charge in [0.1, 0.15) is 5.75 Å². The molecule has 0 spiro atoms. The van der Waals surface area contributed by atoms with Crippen LogP contribution in [0.1, 0.15) is 24.0 Å². The maximum Gasteiger partial charge on any atom is 0.243 e. The standard InChI is InChI=1S/C21H25ClN2O4S/c1-14-6-7-15(2)19(11-14)23-21(25)16-5-4-10-24(13-16)29(26,27)17-8-9-20(28-3)18(22)12-17/h6-9,11-12,16H,4-5,10,13H2,1-3H3,(H,23,25)/t16-/m0/s1. The number of hydrogen-bond donors (Lipinski definition) is 1. The van der Waals surface area contributed by atoms with Crippen LogP contribution in [0.4, 0.5) is 5.69 Å². The van der Waals surface area contributed by atoms with Crippen molar-refractivity contribution in [2.75, 3.05) is 25.5 Å². The summed E-state index contributed by atoms with van der Waals surface area (Å²) in [4.78, 5) is 12.9. The van der Waals surface area contributed by atoms with Gasteiger partial charge < -0.3 is 10.1 Å². The normalized spacial score (nSPS) is 17.7. The first kappa shape index (κ1) is 21.6. The zero-order valence-electron chi connectivity index (χ0n) is 16.7. The average molecular weight is 437 g/mol. The molecule has 29 heavy (non-hydrogen) atoms. The molecule has 1 atom stereocenters. The fourth-order valence-corrected chi connectivity index (χ4v) is 5.31. The molecule has 2 aromatic carbocycles. The molecule has 0 aromatic heterocycles. The van der Waals surface area contributed by atoms with Crippen molar-refractivity contribution in [2.45, 2.75) is 31.6 Å². The summed E-state index contributed by atoms with van der Waals surface area (Å²) in [5.41, 5.74) is 2.78. The number of benzene rings is 2. The molecule has 1 saturated heterocycles. The summed E-state index contributed by atoms with van der Waals surface area (Å²) in [5, 5.41) is 3.19. The van der Waals surface area contributed by atoms with Gasteiger partial charge >= 0.3 is 0 Å². The first-order valence-corrected chi connectivity index (χ1v) is 11.3. The predicted molar refractivity (Wildman–Crippen MR) is 114 cm³/mol. The summed E-state index contributed by atoms with van der Waals surface area (Å²) in [5.74, 6) is -0.159. The molecule has 1 aliphatic rings. The highest BCUT2D eigenvalue weighted by molar-refractivity contribution is 7.89. The van der Waals surface area contributed by atoms with Gasteiger partial charge in [-0.2, -0.15) is 4.31 Å². The second kappa shape index (κ2) is 8.73. The van der Waals surface area contributed by atoms with Crippen LogP contribution >= 0.6 is 11.6 Å². The van der Waals surface area contributed by atoms with Crippen molar-refractivity contribution in [3.8, 4) is 5.75 Å². The summed E-state index contributed by atoms with van der Waals surface area (Å²) >= 11 is 6.10. The molecule has 0 aliphatic carbocycles. The minimum Gasteiger partial charge on any atom is -0.495 e. The van der Waals surface area contributed by atoms with Crippen LogP contribution in [0.15, 0.2) is 41.3 Å². The highest BCUT2D eigenvalue weighted by Gasteiger charge is 2.33. The number of methoxy groups -OCH3 is 1. The van der Waals surface area contributed by atoms with Gasteiger partial charge in [0.25, 0.3) is 0 Å². The maximum atomic E-state index is 13.1. The number of nitrogens with zero attached hydrogens (tertiary/aromatic N) is 1. The molecular weight excluding hydrogens is 412 g/mol. The molecule has 1 N–H and O–H groups in total. The van der Waals surface area contributed by atoms with Crippen LogP contribution < -0.4 is 10.1 Å². The smallest absolute Gasteiger partial charge is 0.243 e. The summed E-state index contributed by atoms with van der Waals surface area (Å²) in [6, 6.07) is 10.2. The van der Waals surface area contributed by atoms with Crippen molar-refractivity contribution in [1.29, 1.82) is 0 Å². The Hall–Kier alpha value is -2.09. The fourth-order valence-electron chi connectivity index (χ4n) is 3.44. The number of sulfonamides is 1. The molecule has 0 saturated carbocycles.